The van der Waals surface area contributed by atoms with E-state index >= 15 is 0 Å². The normalized spacial score (nSPS) is 14.5. The van der Waals surface area contributed by atoms with Gasteiger partial charge in [0, 0.05) is 38.4 Å². The number of nitrogens with zero attached hydrogens (tertiary/aromatic N) is 2. The molecular formula is C22H29N3O2S. The first kappa shape index (κ1) is 20.6. The van der Waals surface area contributed by atoms with E-state index in [0.717, 1.165) is 68.9 Å². The molecule has 1 aliphatic rings. The van der Waals surface area contributed by atoms with Gasteiger partial charge in [0.05, 0.1) is 20.3 Å². The number of para-hydroxylation sites is 1. The first-order chi connectivity index (χ1) is 13.7. The van der Waals surface area contributed by atoms with Gasteiger partial charge in [-0.2, -0.15) is 0 Å². The van der Waals surface area contributed by atoms with Crippen molar-refractivity contribution in [2.24, 2.45) is 0 Å². The van der Waals surface area contributed by atoms with Crippen LogP contribution < -0.4 is 10.1 Å². The van der Waals surface area contributed by atoms with E-state index in [-0.39, 0.29) is 0 Å². The fourth-order valence-corrected chi connectivity index (χ4v) is 3.51. The molecule has 2 aromatic rings. The fraction of sp³-hybridized carbons (Fsp3) is 0.409. The molecule has 0 unspecified atom stereocenters. The van der Waals surface area contributed by atoms with Gasteiger partial charge in [-0.3, -0.25) is 4.90 Å². The van der Waals surface area contributed by atoms with Crippen molar-refractivity contribution in [1.29, 1.82) is 0 Å². The molecule has 0 aromatic heterocycles. The number of rotatable bonds is 8. The zero-order valence-corrected chi connectivity index (χ0v) is 17.3. The van der Waals surface area contributed by atoms with E-state index in [1.54, 1.807) is 7.11 Å². The summed E-state index contributed by atoms with van der Waals surface area (Å²) in [5, 5.41) is 4.13. The van der Waals surface area contributed by atoms with Crippen LogP contribution in [0.15, 0.2) is 54.6 Å². The molecule has 0 saturated carbocycles. The summed E-state index contributed by atoms with van der Waals surface area (Å²) in [7, 11) is 1.69. The summed E-state index contributed by atoms with van der Waals surface area (Å²) in [6.07, 6.45) is 1.06. The van der Waals surface area contributed by atoms with Crippen molar-refractivity contribution in [2.75, 3.05) is 51.8 Å². The first-order valence-corrected chi connectivity index (χ1v) is 10.2. The molecule has 5 nitrogen and oxygen atoms in total. The van der Waals surface area contributed by atoms with E-state index < -0.39 is 0 Å². The molecule has 0 radical (unpaired) electrons. The third-order valence-electron chi connectivity index (χ3n) is 4.85. The maximum absolute atomic E-state index is 5.73. The van der Waals surface area contributed by atoms with Crippen LogP contribution in [-0.4, -0.2) is 61.4 Å². The zero-order chi connectivity index (χ0) is 19.6. The number of anilines is 1. The molecule has 150 valence electrons. The van der Waals surface area contributed by atoms with Crippen LogP contribution in [0.2, 0.25) is 0 Å². The first-order valence-electron chi connectivity index (χ1n) is 9.78. The Morgan fingerprint density at radius 1 is 1.11 bits per heavy atom. The maximum Gasteiger partial charge on any atom is 0.173 e. The molecule has 0 spiro atoms. The second kappa shape index (κ2) is 11.0. The predicted molar refractivity (Wildman–Crippen MR) is 118 cm³/mol. The SMILES string of the molecule is COc1ccc(CN(CCCN2CCOCC2)C(=S)Nc2ccccc2)cc1. The van der Waals surface area contributed by atoms with Crippen LogP contribution in [0.3, 0.4) is 0 Å². The second-order valence-electron chi connectivity index (χ2n) is 6.87. The van der Waals surface area contributed by atoms with Crippen molar-refractivity contribution >= 4 is 23.0 Å². The molecule has 28 heavy (non-hydrogen) atoms. The maximum atomic E-state index is 5.73. The van der Waals surface area contributed by atoms with Crippen LogP contribution in [0.25, 0.3) is 0 Å². The Morgan fingerprint density at radius 2 is 1.82 bits per heavy atom. The van der Waals surface area contributed by atoms with Gasteiger partial charge in [-0.25, -0.2) is 0 Å². The van der Waals surface area contributed by atoms with E-state index in [2.05, 4.69) is 27.2 Å². The van der Waals surface area contributed by atoms with Gasteiger partial charge >= 0.3 is 0 Å². The average Bonchev–Trinajstić information content (AvgIpc) is 2.75. The molecule has 1 N–H and O–H groups in total. The molecule has 1 fully saturated rings. The molecular weight excluding hydrogens is 370 g/mol. The number of hydrogen-bond acceptors (Lipinski definition) is 4. The molecule has 1 aliphatic heterocycles. The Kier molecular flexibility index (Phi) is 8.08. The van der Waals surface area contributed by atoms with Gasteiger partial charge in [-0.1, -0.05) is 30.3 Å². The number of benzene rings is 2. The molecule has 1 heterocycles. The van der Waals surface area contributed by atoms with Gasteiger partial charge in [0.2, 0.25) is 0 Å². The highest BCUT2D eigenvalue weighted by molar-refractivity contribution is 7.80. The van der Waals surface area contributed by atoms with E-state index in [9.17, 15) is 0 Å². The number of hydrogen-bond donors (Lipinski definition) is 1. The summed E-state index contributed by atoms with van der Waals surface area (Å²) in [6, 6.07) is 18.3. The Hall–Kier alpha value is -2.15. The summed E-state index contributed by atoms with van der Waals surface area (Å²) >= 11 is 5.73. The molecule has 1 saturated heterocycles. The summed E-state index contributed by atoms with van der Waals surface area (Å²) in [5.41, 5.74) is 2.23. The van der Waals surface area contributed by atoms with Crippen LogP contribution in [-0.2, 0) is 11.3 Å². The van der Waals surface area contributed by atoms with Crippen LogP contribution in [0.5, 0.6) is 5.75 Å². The lowest BCUT2D eigenvalue weighted by atomic mass is 10.2. The Balaban J connectivity index is 1.60. The molecule has 2 aromatic carbocycles. The summed E-state index contributed by atoms with van der Waals surface area (Å²) < 4.78 is 10.7. The van der Waals surface area contributed by atoms with Crippen molar-refractivity contribution < 1.29 is 9.47 Å². The van der Waals surface area contributed by atoms with E-state index in [0.29, 0.717) is 0 Å². The molecule has 3 rings (SSSR count). The molecule has 0 amide bonds. The number of morpholine rings is 1. The molecule has 0 atom stereocenters. The van der Waals surface area contributed by atoms with Crippen LogP contribution >= 0.6 is 12.2 Å². The molecule has 6 heteroatoms. The van der Waals surface area contributed by atoms with Crippen molar-refractivity contribution in [2.45, 2.75) is 13.0 Å². The smallest absolute Gasteiger partial charge is 0.173 e. The van der Waals surface area contributed by atoms with Crippen LogP contribution in [0, 0.1) is 0 Å². The van der Waals surface area contributed by atoms with Crippen LogP contribution in [0.1, 0.15) is 12.0 Å². The van der Waals surface area contributed by atoms with Gasteiger partial charge in [-0.05, 0) is 48.5 Å². The number of ether oxygens (including phenoxy) is 2. The number of thiocarbonyl (C=S) groups is 1. The minimum atomic E-state index is 0.754. The van der Waals surface area contributed by atoms with E-state index in [1.165, 1.54) is 5.56 Å². The summed E-state index contributed by atoms with van der Waals surface area (Å²) in [6.45, 7) is 6.45. The average molecular weight is 400 g/mol. The second-order valence-corrected chi connectivity index (χ2v) is 7.26. The lowest BCUT2D eigenvalue weighted by Gasteiger charge is -2.29. The van der Waals surface area contributed by atoms with E-state index in [1.807, 2.05) is 42.5 Å². The van der Waals surface area contributed by atoms with Gasteiger partial charge in [0.15, 0.2) is 5.11 Å². The largest absolute Gasteiger partial charge is 0.497 e. The fourth-order valence-electron chi connectivity index (χ4n) is 3.24. The monoisotopic (exact) mass is 399 g/mol. The lowest BCUT2D eigenvalue weighted by molar-refractivity contribution is 0.0368. The predicted octanol–water partition coefficient (Wildman–Crippen LogP) is 3.62. The Labute approximate surface area is 173 Å². The highest BCUT2D eigenvalue weighted by Crippen LogP contribution is 2.15. The zero-order valence-electron chi connectivity index (χ0n) is 16.5. The van der Waals surface area contributed by atoms with Crippen molar-refractivity contribution in [3.63, 3.8) is 0 Å². The van der Waals surface area contributed by atoms with E-state index in [4.69, 9.17) is 21.7 Å². The minimum absolute atomic E-state index is 0.754. The quantitative estimate of drug-likeness (QED) is 0.684. The summed E-state index contributed by atoms with van der Waals surface area (Å²) in [5.74, 6) is 0.868. The molecule has 0 aliphatic carbocycles. The topological polar surface area (TPSA) is 37.0 Å². The third kappa shape index (κ3) is 6.48. The van der Waals surface area contributed by atoms with Crippen molar-refractivity contribution in [3.05, 3.63) is 60.2 Å². The van der Waals surface area contributed by atoms with Gasteiger partial charge in [0.1, 0.15) is 5.75 Å². The van der Waals surface area contributed by atoms with Crippen molar-refractivity contribution in [3.8, 4) is 5.75 Å². The summed E-state index contributed by atoms with van der Waals surface area (Å²) in [4.78, 5) is 4.70. The van der Waals surface area contributed by atoms with Crippen molar-refractivity contribution in [1.82, 2.24) is 9.80 Å². The minimum Gasteiger partial charge on any atom is -0.497 e. The van der Waals surface area contributed by atoms with Gasteiger partial charge < -0.3 is 19.7 Å². The van der Waals surface area contributed by atoms with Crippen LogP contribution in [0.4, 0.5) is 5.69 Å². The standard InChI is InChI=1S/C22H29N3O2S/c1-26-21-10-8-19(9-11-21)18-25(13-5-12-24-14-16-27-17-15-24)22(28)23-20-6-3-2-4-7-20/h2-4,6-11H,5,12-18H2,1H3,(H,23,28). The lowest BCUT2D eigenvalue weighted by Crippen LogP contribution is -2.40. The third-order valence-corrected chi connectivity index (χ3v) is 5.21. The Bertz CT molecular complexity index is 718. The highest BCUT2D eigenvalue weighted by atomic mass is 32.1. The molecule has 0 bridgehead atoms. The van der Waals surface area contributed by atoms with Gasteiger partial charge in [0.25, 0.3) is 0 Å². The number of nitrogens with one attached hydrogen (secondary N) is 1. The highest BCUT2D eigenvalue weighted by Gasteiger charge is 2.14. The number of methoxy groups -OCH3 is 1. The Morgan fingerprint density at radius 3 is 2.50 bits per heavy atom. The van der Waals surface area contributed by atoms with Gasteiger partial charge in [-0.15, -0.1) is 0 Å².